The number of thiazole rings is 1. The van der Waals surface area contributed by atoms with Crippen LogP contribution in [0.15, 0.2) is 47.8 Å². The van der Waals surface area contributed by atoms with Crippen LogP contribution in [0.1, 0.15) is 30.7 Å². The van der Waals surface area contributed by atoms with E-state index in [2.05, 4.69) is 11.8 Å². The molecule has 0 saturated carbocycles. The van der Waals surface area contributed by atoms with Gasteiger partial charge in [-0.1, -0.05) is 60.5 Å². The predicted octanol–water partition coefficient (Wildman–Crippen LogP) is 6.33. The van der Waals surface area contributed by atoms with Gasteiger partial charge in [-0.2, -0.15) is 0 Å². The second kappa shape index (κ2) is 9.72. The maximum atomic E-state index is 12.4. The molecular formula is C22H23Cl2N3OS. The molecule has 0 spiro atoms. The van der Waals surface area contributed by atoms with Gasteiger partial charge in [-0.25, -0.2) is 4.98 Å². The van der Waals surface area contributed by atoms with Gasteiger partial charge in [-0.05, 0) is 36.7 Å². The third kappa shape index (κ3) is 5.17. The van der Waals surface area contributed by atoms with E-state index in [1.165, 1.54) is 11.3 Å². The standard InChI is InChI=1S/C22H23Cl2N3OS/c1-4-16-8-5-6-11-20(16)27(15(2)28)22-25-18(14-29-22)13-26(3)12-17-9-7-10-19(23)21(17)24/h5-11,14H,4,12-13H2,1-3H3. The molecule has 7 heteroatoms. The maximum Gasteiger partial charge on any atom is 0.230 e. The Balaban J connectivity index is 1.78. The highest BCUT2D eigenvalue weighted by Gasteiger charge is 2.20. The minimum absolute atomic E-state index is 0.0501. The van der Waals surface area contributed by atoms with E-state index in [1.807, 2.05) is 48.8 Å². The van der Waals surface area contributed by atoms with Gasteiger partial charge in [0.1, 0.15) is 0 Å². The van der Waals surface area contributed by atoms with E-state index in [-0.39, 0.29) is 5.91 Å². The molecule has 152 valence electrons. The molecule has 0 aliphatic carbocycles. The van der Waals surface area contributed by atoms with Crippen molar-refractivity contribution in [1.82, 2.24) is 9.88 Å². The van der Waals surface area contributed by atoms with Gasteiger partial charge in [0.2, 0.25) is 5.91 Å². The molecule has 0 bridgehead atoms. The average molecular weight is 448 g/mol. The van der Waals surface area contributed by atoms with E-state index in [0.29, 0.717) is 28.3 Å². The fourth-order valence-electron chi connectivity index (χ4n) is 3.20. The van der Waals surface area contributed by atoms with Crippen LogP contribution in [0, 0.1) is 0 Å². The summed E-state index contributed by atoms with van der Waals surface area (Å²) < 4.78 is 0. The molecular weight excluding hydrogens is 425 g/mol. The van der Waals surface area contributed by atoms with Crippen molar-refractivity contribution in [3.05, 3.63) is 74.7 Å². The minimum atomic E-state index is -0.0501. The highest BCUT2D eigenvalue weighted by Crippen LogP contribution is 2.32. The molecule has 1 aromatic heterocycles. The quantitative estimate of drug-likeness (QED) is 0.424. The van der Waals surface area contributed by atoms with Gasteiger partial charge in [-0.15, -0.1) is 11.3 Å². The van der Waals surface area contributed by atoms with Gasteiger partial charge < -0.3 is 0 Å². The van der Waals surface area contributed by atoms with Crippen molar-refractivity contribution in [2.45, 2.75) is 33.4 Å². The topological polar surface area (TPSA) is 36.4 Å². The average Bonchev–Trinajstić information content (AvgIpc) is 3.13. The molecule has 3 rings (SSSR count). The van der Waals surface area contributed by atoms with Crippen molar-refractivity contribution in [2.24, 2.45) is 0 Å². The number of hydrogen-bond donors (Lipinski definition) is 0. The van der Waals surface area contributed by atoms with Crippen LogP contribution in [-0.4, -0.2) is 22.8 Å². The first-order valence-electron chi connectivity index (χ1n) is 9.35. The van der Waals surface area contributed by atoms with Crippen LogP contribution in [-0.2, 0) is 24.3 Å². The zero-order valence-corrected chi connectivity index (χ0v) is 19.0. The first-order chi connectivity index (χ1) is 13.9. The highest BCUT2D eigenvalue weighted by molar-refractivity contribution is 7.14. The molecule has 0 radical (unpaired) electrons. The molecule has 1 amide bonds. The van der Waals surface area contributed by atoms with E-state index < -0.39 is 0 Å². The molecule has 0 aliphatic heterocycles. The summed E-state index contributed by atoms with van der Waals surface area (Å²) in [6, 6.07) is 13.6. The number of halogens is 2. The summed E-state index contributed by atoms with van der Waals surface area (Å²) >= 11 is 13.9. The second-order valence-corrected chi connectivity index (χ2v) is 8.47. The van der Waals surface area contributed by atoms with E-state index in [0.717, 1.165) is 28.9 Å². The summed E-state index contributed by atoms with van der Waals surface area (Å²) in [4.78, 5) is 21.0. The Morgan fingerprint density at radius 3 is 2.52 bits per heavy atom. The summed E-state index contributed by atoms with van der Waals surface area (Å²) in [5.41, 5.74) is 3.89. The Bertz CT molecular complexity index is 1010. The lowest BCUT2D eigenvalue weighted by Crippen LogP contribution is -2.24. The fraction of sp³-hybridized carbons (Fsp3) is 0.273. The summed E-state index contributed by atoms with van der Waals surface area (Å²) in [6.07, 6.45) is 0.849. The first kappa shape index (κ1) is 21.8. The Labute approximate surface area is 185 Å². The number of carbonyl (C=O) groups is 1. The molecule has 0 saturated heterocycles. The monoisotopic (exact) mass is 447 g/mol. The van der Waals surface area contributed by atoms with Crippen molar-refractivity contribution in [2.75, 3.05) is 11.9 Å². The molecule has 3 aromatic rings. The number of amides is 1. The number of para-hydroxylation sites is 1. The molecule has 0 N–H and O–H groups in total. The van der Waals surface area contributed by atoms with Gasteiger partial charge in [0.15, 0.2) is 5.13 Å². The largest absolute Gasteiger partial charge is 0.296 e. The minimum Gasteiger partial charge on any atom is -0.296 e. The molecule has 4 nitrogen and oxygen atoms in total. The Morgan fingerprint density at radius 2 is 1.79 bits per heavy atom. The Kier molecular flexibility index (Phi) is 7.30. The zero-order chi connectivity index (χ0) is 21.0. The van der Waals surface area contributed by atoms with Crippen molar-refractivity contribution in [3.8, 4) is 0 Å². The smallest absolute Gasteiger partial charge is 0.230 e. The summed E-state index contributed by atoms with van der Waals surface area (Å²) in [6.45, 7) is 4.95. The van der Waals surface area contributed by atoms with E-state index in [9.17, 15) is 4.79 Å². The summed E-state index contributed by atoms with van der Waals surface area (Å²) in [5.74, 6) is -0.0501. The number of aromatic nitrogens is 1. The van der Waals surface area contributed by atoms with Crippen LogP contribution in [0.25, 0.3) is 0 Å². The number of benzene rings is 2. The third-order valence-corrected chi connectivity index (χ3v) is 6.30. The molecule has 0 aliphatic rings. The fourth-order valence-corrected chi connectivity index (χ4v) is 4.45. The number of rotatable bonds is 7. The predicted molar refractivity (Wildman–Crippen MR) is 122 cm³/mol. The Morgan fingerprint density at radius 1 is 1.07 bits per heavy atom. The van der Waals surface area contributed by atoms with Crippen LogP contribution < -0.4 is 4.90 Å². The molecule has 29 heavy (non-hydrogen) atoms. The number of hydrogen-bond acceptors (Lipinski definition) is 4. The number of nitrogens with zero attached hydrogens (tertiary/aromatic N) is 3. The number of anilines is 2. The van der Waals surface area contributed by atoms with Gasteiger partial charge in [0.25, 0.3) is 0 Å². The van der Waals surface area contributed by atoms with E-state index in [1.54, 1.807) is 17.9 Å². The maximum absolute atomic E-state index is 12.4. The molecule has 0 unspecified atom stereocenters. The second-order valence-electron chi connectivity index (χ2n) is 6.84. The third-order valence-electron chi connectivity index (χ3n) is 4.56. The lowest BCUT2D eigenvalue weighted by atomic mass is 10.1. The normalized spacial score (nSPS) is 11.1. The Hall–Kier alpha value is -1.92. The lowest BCUT2D eigenvalue weighted by Gasteiger charge is -2.21. The van der Waals surface area contributed by atoms with Gasteiger partial charge in [0, 0.05) is 25.4 Å². The van der Waals surface area contributed by atoms with Crippen LogP contribution in [0.4, 0.5) is 10.8 Å². The van der Waals surface area contributed by atoms with Crippen molar-refractivity contribution < 1.29 is 4.79 Å². The highest BCUT2D eigenvalue weighted by atomic mass is 35.5. The van der Waals surface area contributed by atoms with Crippen molar-refractivity contribution in [1.29, 1.82) is 0 Å². The van der Waals surface area contributed by atoms with Crippen LogP contribution in [0.3, 0.4) is 0 Å². The lowest BCUT2D eigenvalue weighted by molar-refractivity contribution is -0.115. The first-order valence-corrected chi connectivity index (χ1v) is 11.0. The number of carbonyl (C=O) groups excluding carboxylic acids is 1. The molecule has 0 fully saturated rings. The van der Waals surface area contributed by atoms with Crippen LogP contribution in [0.2, 0.25) is 10.0 Å². The summed E-state index contributed by atoms with van der Waals surface area (Å²) in [7, 11) is 2.01. The van der Waals surface area contributed by atoms with E-state index in [4.69, 9.17) is 28.2 Å². The SMILES string of the molecule is CCc1ccccc1N(C(C)=O)c1nc(CN(C)Cc2cccc(Cl)c2Cl)cs1. The van der Waals surface area contributed by atoms with Crippen molar-refractivity contribution in [3.63, 3.8) is 0 Å². The molecule has 2 aromatic carbocycles. The molecule has 1 heterocycles. The van der Waals surface area contributed by atoms with E-state index >= 15 is 0 Å². The summed E-state index contributed by atoms with van der Waals surface area (Å²) in [5, 5.41) is 3.82. The van der Waals surface area contributed by atoms with Gasteiger partial charge in [-0.3, -0.25) is 14.6 Å². The van der Waals surface area contributed by atoms with Crippen molar-refractivity contribution >= 4 is 51.3 Å². The van der Waals surface area contributed by atoms with Crippen LogP contribution in [0.5, 0.6) is 0 Å². The van der Waals surface area contributed by atoms with Crippen LogP contribution >= 0.6 is 34.5 Å². The molecule has 0 atom stereocenters. The van der Waals surface area contributed by atoms with Gasteiger partial charge >= 0.3 is 0 Å². The number of aryl methyl sites for hydroxylation is 1. The van der Waals surface area contributed by atoms with Gasteiger partial charge in [0.05, 0.1) is 21.4 Å². The zero-order valence-electron chi connectivity index (χ0n) is 16.7.